The Labute approximate surface area is 93.9 Å². The summed E-state index contributed by atoms with van der Waals surface area (Å²) in [5.74, 6) is 1.60. The molecule has 0 amide bonds. The highest BCUT2D eigenvalue weighted by Crippen LogP contribution is 2.46. The minimum Gasteiger partial charge on any atom is -0.292 e. The van der Waals surface area contributed by atoms with Crippen LogP contribution in [0, 0.1) is 11.8 Å². The number of hydroxylamine groups is 2. The summed E-state index contributed by atoms with van der Waals surface area (Å²) in [6.45, 7) is 11.3. The molecule has 3 atom stereocenters. The molecule has 15 heavy (non-hydrogen) atoms. The molecule has 1 saturated carbocycles. The van der Waals surface area contributed by atoms with Crippen LogP contribution in [0.5, 0.6) is 0 Å². The minimum absolute atomic E-state index is 0.0507. The third kappa shape index (κ3) is 1.94. The molecule has 2 aliphatic rings. The molecule has 1 aliphatic heterocycles. The van der Waals surface area contributed by atoms with Crippen molar-refractivity contribution in [2.24, 2.45) is 11.8 Å². The van der Waals surface area contributed by atoms with E-state index in [0.29, 0.717) is 12.1 Å². The molecule has 2 fully saturated rings. The Bertz CT molecular complexity index is 237. The minimum atomic E-state index is 0.0507. The van der Waals surface area contributed by atoms with E-state index in [9.17, 15) is 0 Å². The second-order valence-electron chi connectivity index (χ2n) is 6.24. The first-order chi connectivity index (χ1) is 6.92. The van der Waals surface area contributed by atoms with Gasteiger partial charge >= 0.3 is 0 Å². The fraction of sp³-hybridized carbons (Fsp3) is 1.00. The topological polar surface area (TPSA) is 12.5 Å². The van der Waals surface area contributed by atoms with Crippen LogP contribution in [0.4, 0.5) is 0 Å². The highest BCUT2D eigenvalue weighted by atomic mass is 16.7. The molecule has 3 unspecified atom stereocenters. The van der Waals surface area contributed by atoms with E-state index in [0.717, 1.165) is 11.8 Å². The van der Waals surface area contributed by atoms with Gasteiger partial charge in [-0.05, 0) is 46.5 Å². The highest BCUT2D eigenvalue weighted by Gasteiger charge is 2.50. The van der Waals surface area contributed by atoms with Crippen molar-refractivity contribution in [2.45, 2.75) is 71.6 Å². The molecule has 2 rings (SSSR count). The Morgan fingerprint density at radius 2 is 1.93 bits per heavy atom. The van der Waals surface area contributed by atoms with E-state index >= 15 is 0 Å². The molecule has 0 aromatic heterocycles. The van der Waals surface area contributed by atoms with E-state index < -0.39 is 0 Å². The van der Waals surface area contributed by atoms with Gasteiger partial charge in [0.05, 0.1) is 5.60 Å². The van der Waals surface area contributed by atoms with Crippen LogP contribution in [0.3, 0.4) is 0 Å². The van der Waals surface area contributed by atoms with Crippen molar-refractivity contribution in [2.75, 3.05) is 0 Å². The first-order valence-electron chi connectivity index (χ1n) is 6.39. The molecule has 1 saturated heterocycles. The zero-order chi connectivity index (χ0) is 11.2. The summed E-state index contributed by atoms with van der Waals surface area (Å²) in [7, 11) is 0. The van der Waals surface area contributed by atoms with Gasteiger partial charge in [0.1, 0.15) is 0 Å². The lowest BCUT2D eigenvalue weighted by Gasteiger charge is -2.35. The standard InChI is InChI=1S/C13H25NO/c1-9(2)14-12-8-10(3)6-7-11(12)13(4,5)15-14/h9-12H,6-8H2,1-5H3. The summed E-state index contributed by atoms with van der Waals surface area (Å²) >= 11 is 0. The first-order valence-corrected chi connectivity index (χ1v) is 6.39. The fourth-order valence-electron chi connectivity index (χ4n) is 3.34. The van der Waals surface area contributed by atoms with Crippen molar-refractivity contribution in [1.82, 2.24) is 5.06 Å². The van der Waals surface area contributed by atoms with E-state index in [2.05, 4.69) is 39.7 Å². The predicted molar refractivity (Wildman–Crippen MR) is 62.4 cm³/mol. The maximum absolute atomic E-state index is 6.14. The molecule has 0 bridgehead atoms. The molecule has 0 aromatic rings. The van der Waals surface area contributed by atoms with Gasteiger partial charge in [-0.2, -0.15) is 5.06 Å². The summed E-state index contributed by atoms with van der Waals surface area (Å²) < 4.78 is 0. The second kappa shape index (κ2) is 3.74. The van der Waals surface area contributed by atoms with Gasteiger partial charge in [-0.25, -0.2) is 0 Å². The van der Waals surface area contributed by atoms with Crippen LogP contribution in [-0.4, -0.2) is 22.7 Å². The van der Waals surface area contributed by atoms with Gasteiger partial charge in [-0.1, -0.05) is 13.3 Å². The van der Waals surface area contributed by atoms with Gasteiger partial charge in [0.25, 0.3) is 0 Å². The largest absolute Gasteiger partial charge is 0.292 e. The maximum atomic E-state index is 6.14. The molecule has 0 aromatic carbocycles. The Hall–Kier alpha value is -0.0800. The van der Waals surface area contributed by atoms with Crippen molar-refractivity contribution in [3.63, 3.8) is 0 Å². The maximum Gasteiger partial charge on any atom is 0.0887 e. The van der Waals surface area contributed by atoms with Crippen molar-refractivity contribution in [3.05, 3.63) is 0 Å². The molecule has 1 aliphatic carbocycles. The van der Waals surface area contributed by atoms with Crippen molar-refractivity contribution < 1.29 is 4.84 Å². The molecule has 2 nitrogen and oxygen atoms in total. The van der Waals surface area contributed by atoms with E-state index in [-0.39, 0.29) is 5.60 Å². The number of hydrogen-bond donors (Lipinski definition) is 0. The SMILES string of the molecule is CC1CCC2C(C1)N(C(C)C)OC2(C)C. The molecule has 1 heterocycles. The lowest BCUT2D eigenvalue weighted by atomic mass is 9.73. The zero-order valence-electron chi connectivity index (χ0n) is 10.8. The smallest absolute Gasteiger partial charge is 0.0887 e. The molecule has 2 heteroatoms. The summed E-state index contributed by atoms with van der Waals surface area (Å²) in [6, 6.07) is 1.16. The summed E-state index contributed by atoms with van der Waals surface area (Å²) in [6.07, 6.45) is 4.02. The molecule has 0 N–H and O–H groups in total. The predicted octanol–water partition coefficient (Wildman–Crippen LogP) is 3.23. The molecule has 0 radical (unpaired) electrons. The van der Waals surface area contributed by atoms with Gasteiger partial charge in [-0.3, -0.25) is 4.84 Å². The number of rotatable bonds is 1. The van der Waals surface area contributed by atoms with Crippen LogP contribution < -0.4 is 0 Å². The quantitative estimate of drug-likeness (QED) is 0.660. The van der Waals surface area contributed by atoms with Crippen LogP contribution in [0.25, 0.3) is 0 Å². The van der Waals surface area contributed by atoms with E-state index in [1.165, 1.54) is 19.3 Å². The molecular formula is C13H25NO. The van der Waals surface area contributed by atoms with Gasteiger partial charge in [0.15, 0.2) is 0 Å². The number of hydrogen-bond acceptors (Lipinski definition) is 2. The van der Waals surface area contributed by atoms with E-state index in [1.54, 1.807) is 0 Å². The van der Waals surface area contributed by atoms with Crippen LogP contribution >= 0.6 is 0 Å². The summed E-state index contributed by atoms with van der Waals surface area (Å²) in [5.41, 5.74) is 0.0507. The Kier molecular flexibility index (Phi) is 2.85. The molecule has 88 valence electrons. The fourth-order valence-corrected chi connectivity index (χ4v) is 3.34. The average Bonchev–Trinajstić information content (AvgIpc) is 2.38. The van der Waals surface area contributed by atoms with Crippen LogP contribution in [0.15, 0.2) is 0 Å². The van der Waals surface area contributed by atoms with Crippen molar-refractivity contribution in [1.29, 1.82) is 0 Å². The summed E-state index contributed by atoms with van der Waals surface area (Å²) in [4.78, 5) is 6.14. The van der Waals surface area contributed by atoms with Gasteiger partial charge in [0, 0.05) is 18.0 Å². The zero-order valence-corrected chi connectivity index (χ0v) is 10.8. The van der Waals surface area contributed by atoms with Crippen LogP contribution in [0.1, 0.15) is 53.9 Å². The van der Waals surface area contributed by atoms with Crippen LogP contribution in [-0.2, 0) is 4.84 Å². The second-order valence-corrected chi connectivity index (χ2v) is 6.24. The Balaban J connectivity index is 2.18. The monoisotopic (exact) mass is 211 g/mol. The average molecular weight is 211 g/mol. The molecule has 0 spiro atoms. The third-order valence-electron chi connectivity index (χ3n) is 4.15. The van der Waals surface area contributed by atoms with Gasteiger partial charge < -0.3 is 0 Å². The Morgan fingerprint density at radius 1 is 1.27 bits per heavy atom. The van der Waals surface area contributed by atoms with E-state index in [1.807, 2.05) is 0 Å². The Morgan fingerprint density at radius 3 is 2.53 bits per heavy atom. The lowest BCUT2D eigenvalue weighted by molar-refractivity contribution is -0.212. The van der Waals surface area contributed by atoms with Crippen LogP contribution in [0.2, 0.25) is 0 Å². The van der Waals surface area contributed by atoms with Crippen molar-refractivity contribution >= 4 is 0 Å². The summed E-state index contributed by atoms with van der Waals surface area (Å²) in [5, 5.41) is 2.26. The third-order valence-corrected chi connectivity index (χ3v) is 4.15. The normalized spacial score (nSPS) is 40.8. The number of nitrogens with zero attached hydrogens (tertiary/aromatic N) is 1. The first kappa shape index (κ1) is 11.4. The van der Waals surface area contributed by atoms with E-state index in [4.69, 9.17) is 4.84 Å². The van der Waals surface area contributed by atoms with Gasteiger partial charge in [0.2, 0.25) is 0 Å². The number of fused-ring (bicyclic) bond motifs is 1. The van der Waals surface area contributed by atoms with Gasteiger partial charge in [-0.15, -0.1) is 0 Å². The lowest BCUT2D eigenvalue weighted by Crippen LogP contribution is -2.41. The van der Waals surface area contributed by atoms with Crippen molar-refractivity contribution in [3.8, 4) is 0 Å². The molecular weight excluding hydrogens is 186 g/mol. The highest BCUT2D eigenvalue weighted by molar-refractivity contribution is 4.97.